The van der Waals surface area contributed by atoms with E-state index in [-0.39, 0.29) is 0 Å². The number of nitrogens with zero attached hydrogens (tertiary/aromatic N) is 3. The number of pyridine rings is 2. The average molecular weight is 557 g/mol. The second kappa shape index (κ2) is 13.3. The Morgan fingerprint density at radius 3 is 2.67 bits per heavy atom. The standard InChI is InChI=1S/C36H40N6/c1-6-28(22-29(7-2)39-25(4)21-27-13-9-8-10-14-27)24(3)16-17-31-26(5)35(42-41-31)34-23-30-32(40-34)18-20-38-36(30)33-15-11-12-19-37-33/h6-7,11-12,15-20,22-23,27,39-41H,2,4-5,8-10,13-14,21H2,1,3H3/b24-16+,28-6+,29-22+,31-17+. The number of hydrogen-bond donors (Lipinski definition) is 3. The van der Waals surface area contributed by atoms with Crippen LogP contribution in [-0.4, -0.2) is 25.1 Å². The number of aromatic amines is 2. The minimum Gasteiger partial charge on any atom is -0.359 e. The Labute approximate surface area is 248 Å². The van der Waals surface area contributed by atoms with Crippen LogP contribution in [-0.2, 0) is 0 Å². The summed E-state index contributed by atoms with van der Waals surface area (Å²) in [6.07, 6.45) is 21.4. The van der Waals surface area contributed by atoms with E-state index in [1.54, 1.807) is 12.4 Å². The molecule has 4 aromatic rings. The highest BCUT2D eigenvalue weighted by Crippen LogP contribution is 2.29. The fraction of sp³-hybridized carbons (Fsp3) is 0.250. The van der Waals surface area contributed by atoms with Crippen molar-refractivity contribution in [1.29, 1.82) is 0 Å². The molecule has 214 valence electrons. The maximum absolute atomic E-state index is 4.59. The second-order valence-electron chi connectivity index (χ2n) is 11.0. The van der Waals surface area contributed by atoms with Crippen LogP contribution in [0.3, 0.4) is 0 Å². The van der Waals surface area contributed by atoms with Gasteiger partial charge in [-0.25, -0.2) is 0 Å². The summed E-state index contributed by atoms with van der Waals surface area (Å²) in [6, 6.07) is 9.86. The van der Waals surface area contributed by atoms with Crippen molar-refractivity contribution in [2.45, 2.75) is 52.4 Å². The fourth-order valence-corrected chi connectivity index (χ4v) is 5.67. The zero-order valence-electron chi connectivity index (χ0n) is 24.7. The first-order valence-electron chi connectivity index (χ1n) is 14.7. The summed E-state index contributed by atoms with van der Waals surface area (Å²) in [5.41, 5.74) is 8.53. The number of nitrogens with one attached hydrogen (secondary N) is 3. The number of hydrogen-bond acceptors (Lipinski definition) is 4. The Bertz CT molecular complexity index is 1780. The number of allylic oxidation sites excluding steroid dienone is 7. The van der Waals surface area contributed by atoms with Gasteiger partial charge in [0.2, 0.25) is 0 Å². The molecule has 0 unspecified atom stereocenters. The minimum atomic E-state index is 0.738. The minimum absolute atomic E-state index is 0.738. The molecule has 0 radical (unpaired) electrons. The molecule has 0 aromatic carbocycles. The predicted molar refractivity (Wildman–Crippen MR) is 175 cm³/mol. The second-order valence-corrected chi connectivity index (χ2v) is 11.0. The summed E-state index contributed by atoms with van der Waals surface area (Å²) < 4.78 is 0. The summed E-state index contributed by atoms with van der Waals surface area (Å²) >= 11 is 0. The van der Waals surface area contributed by atoms with Gasteiger partial charge >= 0.3 is 0 Å². The lowest BCUT2D eigenvalue weighted by molar-refractivity contribution is 0.353. The van der Waals surface area contributed by atoms with Crippen LogP contribution in [0.15, 0.2) is 103 Å². The Morgan fingerprint density at radius 1 is 1.10 bits per heavy atom. The third-order valence-corrected chi connectivity index (χ3v) is 7.99. The molecule has 1 aliphatic carbocycles. The first kappa shape index (κ1) is 28.8. The topological polar surface area (TPSA) is 82.3 Å². The van der Waals surface area contributed by atoms with Crippen LogP contribution in [0.25, 0.3) is 46.3 Å². The van der Waals surface area contributed by atoms with Gasteiger partial charge in [-0.3, -0.25) is 15.1 Å². The van der Waals surface area contributed by atoms with Gasteiger partial charge in [0.25, 0.3) is 0 Å². The van der Waals surface area contributed by atoms with Crippen LogP contribution >= 0.6 is 0 Å². The van der Waals surface area contributed by atoms with Gasteiger partial charge < -0.3 is 10.3 Å². The van der Waals surface area contributed by atoms with Crippen molar-refractivity contribution in [3.8, 4) is 22.8 Å². The van der Waals surface area contributed by atoms with E-state index < -0.39 is 0 Å². The fourth-order valence-electron chi connectivity index (χ4n) is 5.67. The first-order valence-corrected chi connectivity index (χ1v) is 14.7. The highest BCUT2D eigenvalue weighted by Gasteiger charge is 2.15. The largest absolute Gasteiger partial charge is 0.359 e. The lowest BCUT2D eigenvalue weighted by Crippen LogP contribution is -2.21. The molecule has 0 spiro atoms. The third kappa shape index (κ3) is 6.60. The molecule has 42 heavy (non-hydrogen) atoms. The Morgan fingerprint density at radius 2 is 1.93 bits per heavy atom. The van der Waals surface area contributed by atoms with Crippen molar-refractivity contribution < 1.29 is 0 Å². The predicted octanol–water partition coefficient (Wildman–Crippen LogP) is 7.24. The van der Waals surface area contributed by atoms with E-state index in [2.05, 4.69) is 81.4 Å². The molecule has 0 atom stereocenters. The maximum atomic E-state index is 4.59. The smallest absolute Gasteiger partial charge is 0.116 e. The molecule has 0 saturated heterocycles. The summed E-state index contributed by atoms with van der Waals surface area (Å²) in [7, 11) is 0. The number of aromatic nitrogens is 5. The Balaban J connectivity index is 1.35. The quantitative estimate of drug-likeness (QED) is 0.180. The van der Waals surface area contributed by atoms with E-state index in [1.807, 2.05) is 43.3 Å². The normalized spacial score (nSPS) is 15.8. The maximum Gasteiger partial charge on any atom is 0.116 e. The van der Waals surface area contributed by atoms with Gasteiger partial charge in [0.1, 0.15) is 5.69 Å². The zero-order valence-corrected chi connectivity index (χ0v) is 24.7. The van der Waals surface area contributed by atoms with Crippen molar-refractivity contribution in [1.82, 2.24) is 30.5 Å². The molecule has 4 aromatic heterocycles. The Hall–Kier alpha value is -4.71. The van der Waals surface area contributed by atoms with Crippen molar-refractivity contribution in [3.05, 3.63) is 113 Å². The van der Waals surface area contributed by atoms with Gasteiger partial charge in [-0.1, -0.05) is 70.1 Å². The van der Waals surface area contributed by atoms with Gasteiger partial charge in [-0.2, -0.15) is 5.10 Å². The van der Waals surface area contributed by atoms with E-state index in [1.165, 1.54) is 32.1 Å². The number of H-pyrrole nitrogens is 2. The summed E-state index contributed by atoms with van der Waals surface area (Å²) in [6.45, 7) is 16.8. The summed E-state index contributed by atoms with van der Waals surface area (Å²) in [4.78, 5) is 12.5. The molecule has 3 N–H and O–H groups in total. The summed E-state index contributed by atoms with van der Waals surface area (Å²) in [5.74, 6) is 0.738. The van der Waals surface area contributed by atoms with E-state index in [0.29, 0.717) is 0 Å². The molecule has 0 amide bonds. The van der Waals surface area contributed by atoms with E-state index in [0.717, 1.165) is 79.1 Å². The van der Waals surface area contributed by atoms with E-state index in [9.17, 15) is 0 Å². The van der Waals surface area contributed by atoms with Crippen LogP contribution in [0, 0.1) is 5.92 Å². The highest BCUT2D eigenvalue weighted by molar-refractivity contribution is 5.95. The van der Waals surface area contributed by atoms with Crippen LogP contribution in [0.1, 0.15) is 52.4 Å². The van der Waals surface area contributed by atoms with Crippen LogP contribution in [0.4, 0.5) is 0 Å². The van der Waals surface area contributed by atoms with Crippen LogP contribution in [0.2, 0.25) is 0 Å². The number of fused-ring (bicyclic) bond motifs is 1. The van der Waals surface area contributed by atoms with Crippen molar-refractivity contribution in [2.75, 3.05) is 0 Å². The molecule has 1 fully saturated rings. The van der Waals surface area contributed by atoms with E-state index in [4.69, 9.17) is 0 Å². The van der Waals surface area contributed by atoms with Gasteiger partial charge in [0.05, 0.1) is 22.4 Å². The molecule has 5 rings (SSSR count). The van der Waals surface area contributed by atoms with Crippen molar-refractivity contribution in [3.63, 3.8) is 0 Å². The first-order chi connectivity index (χ1) is 20.5. The SMILES string of the molecule is C=C\C(=C/C(=C\C)C(/C)=C/C=c1/[nH]nc(-c2cc3c(-c4ccccn4)nccc3[nH]2)c1=C)NC(=C)CC1CCCCC1. The average Bonchev–Trinajstić information content (AvgIpc) is 3.61. The van der Waals surface area contributed by atoms with E-state index >= 15 is 0 Å². The van der Waals surface area contributed by atoms with Gasteiger partial charge in [0, 0.05) is 39.9 Å². The summed E-state index contributed by atoms with van der Waals surface area (Å²) in [5, 5.41) is 13.9. The van der Waals surface area contributed by atoms with Crippen molar-refractivity contribution in [2.24, 2.45) is 5.92 Å². The van der Waals surface area contributed by atoms with Gasteiger partial charge in [-0.05, 0) is 79.8 Å². The highest BCUT2D eigenvalue weighted by atomic mass is 15.1. The lowest BCUT2D eigenvalue weighted by Gasteiger charge is -2.23. The number of rotatable bonds is 10. The molecule has 0 aliphatic heterocycles. The molecule has 6 heteroatoms. The molecule has 1 saturated carbocycles. The van der Waals surface area contributed by atoms with Gasteiger partial charge in [0.15, 0.2) is 0 Å². The third-order valence-electron chi connectivity index (χ3n) is 7.99. The molecule has 4 heterocycles. The van der Waals surface area contributed by atoms with Crippen LogP contribution < -0.4 is 15.9 Å². The molecule has 0 bridgehead atoms. The molecule has 1 aliphatic rings. The zero-order chi connectivity index (χ0) is 29.5. The van der Waals surface area contributed by atoms with Crippen molar-refractivity contribution >= 4 is 23.6 Å². The van der Waals surface area contributed by atoms with Gasteiger partial charge in [-0.15, -0.1) is 0 Å². The Kier molecular flexibility index (Phi) is 9.12. The monoisotopic (exact) mass is 556 g/mol. The lowest BCUT2D eigenvalue weighted by atomic mass is 9.86. The molecule has 6 nitrogen and oxygen atoms in total. The van der Waals surface area contributed by atoms with Crippen LogP contribution in [0.5, 0.6) is 0 Å². The molecular weight excluding hydrogens is 516 g/mol. The molecular formula is C36H40N6.